The van der Waals surface area contributed by atoms with Gasteiger partial charge in [0.25, 0.3) is 11.8 Å². The van der Waals surface area contributed by atoms with Gasteiger partial charge in [-0.1, -0.05) is 23.7 Å². The van der Waals surface area contributed by atoms with Crippen molar-refractivity contribution in [3.63, 3.8) is 0 Å². The van der Waals surface area contributed by atoms with Crippen molar-refractivity contribution in [1.29, 1.82) is 0 Å². The quantitative estimate of drug-likeness (QED) is 0.552. The van der Waals surface area contributed by atoms with Gasteiger partial charge in [-0.15, -0.1) is 0 Å². The van der Waals surface area contributed by atoms with E-state index in [2.05, 4.69) is 21.9 Å². The summed E-state index contributed by atoms with van der Waals surface area (Å²) in [5, 5.41) is 0.764. The highest BCUT2D eigenvalue weighted by Gasteiger charge is 2.34. The lowest BCUT2D eigenvalue weighted by Gasteiger charge is -2.36. The number of hydrogen-bond donors (Lipinski definition) is 0. The van der Waals surface area contributed by atoms with Gasteiger partial charge in [-0.05, 0) is 55.8 Å². The summed E-state index contributed by atoms with van der Waals surface area (Å²) in [6, 6.07) is 15.1. The van der Waals surface area contributed by atoms with E-state index in [0.29, 0.717) is 17.7 Å². The molecule has 1 saturated heterocycles. The van der Waals surface area contributed by atoms with Crippen molar-refractivity contribution in [1.82, 2.24) is 9.80 Å². The molecule has 2 heterocycles. The third-order valence-corrected chi connectivity index (χ3v) is 5.80. The predicted molar refractivity (Wildman–Crippen MR) is 111 cm³/mol. The van der Waals surface area contributed by atoms with E-state index in [9.17, 15) is 9.59 Å². The number of carbonyl (C=O) groups is 2. The minimum Gasteiger partial charge on any atom is -0.369 e. The fourth-order valence-electron chi connectivity index (χ4n) is 3.93. The Hall–Kier alpha value is -2.37. The van der Waals surface area contributed by atoms with Crippen molar-refractivity contribution >= 4 is 29.1 Å². The second-order valence-corrected chi connectivity index (χ2v) is 7.76. The Morgan fingerprint density at radius 1 is 0.750 bits per heavy atom. The minimum atomic E-state index is -0.155. The smallest absolute Gasteiger partial charge is 0.261 e. The highest BCUT2D eigenvalue weighted by molar-refractivity contribution is 6.30. The molecule has 0 radical (unpaired) electrons. The molecule has 0 aliphatic carbocycles. The van der Waals surface area contributed by atoms with Gasteiger partial charge in [-0.3, -0.25) is 19.4 Å². The van der Waals surface area contributed by atoms with Crippen LogP contribution >= 0.6 is 11.6 Å². The molecule has 0 saturated carbocycles. The fourth-order valence-corrected chi connectivity index (χ4v) is 4.06. The Labute approximate surface area is 170 Å². The van der Waals surface area contributed by atoms with E-state index in [-0.39, 0.29) is 11.8 Å². The second-order valence-electron chi connectivity index (χ2n) is 7.32. The van der Waals surface area contributed by atoms with E-state index in [1.165, 1.54) is 10.6 Å². The van der Waals surface area contributed by atoms with Crippen molar-refractivity contribution in [2.24, 2.45) is 0 Å². The maximum Gasteiger partial charge on any atom is 0.261 e. The van der Waals surface area contributed by atoms with Crippen LogP contribution in [-0.2, 0) is 0 Å². The van der Waals surface area contributed by atoms with Gasteiger partial charge in [0, 0.05) is 43.4 Å². The van der Waals surface area contributed by atoms with Crippen LogP contribution in [0.15, 0.2) is 48.5 Å². The van der Waals surface area contributed by atoms with Crippen molar-refractivity contribution in [2.75, 3.05) is 44.2 Å². The topological polar surface area (TPSA) is 43.9 Å². The maximum absolute atomic E-state index is 12.4. The standard InChI is InChI=1S/C22H24ClN3O2/c23-17-7-9-18(10-8-17)25-15-13-24(14-16-25)11-3-4-12-26-21(27)19-5-1-2-6-20(19)22(26)28/h1-2,5-10H,3-4,11-16H2. The Kier molecular flexibility index (Phi) is 5.64. The first-order chi connectivity index (χ1) is 13.6. The number of fused-ring (bicyclic) bond motifs is 1. The van der Waals surface area contributed by atoms with Crippen LogP contribution in [0.2, 0.25) is 5.02 Å². The Morgan fingerprint density at radius 2 is 1.32 bits per heavy atom. The molecule has 5 nitrogen and oxygen atoms in total. The summed E-state index contributed by atoms with van der Waals surface area (Å²) in [5.74, 6) is -0.311. The Morgan fingerprint density at radius 3 is 1.93 bits per heavy atom. The molecule has 146 valence electrons. The van der Waals surface area contributed by atoms with Crippen LogP contribution < -0.4 is 4.90 Å². The summed E-state index contributed by atoms with van der Waals surface area (Å²) in [7, 11) is 0. The van der Waals surface area contributed by atoms with Crippen molar-refractivity contribution in [3.05, 3.63) is 64.7 Å². The van der Waals surface area contributed by atoms with E-state index in [0.717, 1.165) is 50.6 Å². The predicted octanol–water partition coefficient (Wildman–Crippen LogP) is 3.54. The van der Waals surface area contributed by atoms with E-state index >= 15 is 0 Å². The number of imide groups is 1. The number of benzene rings is 2. The average molecular weight is 398 g/mol. The average Bonchev–Trinajstić information content (AvgIpc) is 2.97. The number of amides is 2. The molecule has 1 fully saturated rings. The van der Waals surface area contributed by atoms with E-state index in [1.807, 2.05) is 12.1 Å². The molecule has 0 bridgehead atoms. The lowest BCUT2D eigenvalue weighted by molar-refractivity contribution is 0.0650. The molecule has 4 rings (SSSR count). The Bertz CT molecular complexity index is 825. The zero-order valence-electron chi connectivity index (χ0n) is 15.8. The molecule has 0 N–H and O–H groups in total. The van der Waals surface area contributed by atoms with Gasteiger partial charge in [0.2, 0.25) is 0 Å². The van der Waals surface area contributed by atoms with Gasteiger partial charge in [0.15, 0.2) is 0 Å². The van der Waals surface area contributed by atoms with Gasteiger partial charge in [-0.2, -0.15) is 0 Å². The third kappa shape index (κ3) is 3.91. The number of hydrogen-bond acceptors (Lipinski definition) is 4. The first-order valence-corrected chi connectivity index (χ1v) is 10.2. The van der Waals surface area contributed by atoms with Gasteiger partial charge >= 0.3 is 0 Å². The summed E-state index contributed by atoms with van der Waals surface area (Å²) in [6.07, 6.45) is 1.82. The van der Waals surface area contributed by atoms with E-state index < -0.39 is 0 Å². The van der Waals surface area contributed by atoms with Crippen LogP contribution in [0.4, 0.5) is 5.69 Å². The molecule has 0 aromatic heterocycles. The SMILES string of the molecule is O=C1c2ccccc2C(=O)N1CCCCN1CCN(c2ccc(Cl)cc2)CC1. The highest BCUT2D eigenvalue weighted by Crippen LogP contribution is 2.23. The molecule has 0 unspecified atom stereocenters. The van der Waals surface area contributed by atoms with Gasteiger partial charge in [-0.25, -0.2) is 0 Å². The number of nitrogens with zero attached hydrogens (tertiary/aromatic N) is 3. The van der Waals surface area contributed by atoms with Crippen LogP contribution in [0.1, 0.15) is 33.6 Å². The molecular formula is C22H24ClN3O2. The zero-order valence-corrected chi connectivity index (χ0v) is 16.6. The number of piperazine rings is 1. The summed E-state index contributed by atoms with van der Waals surface area (Å²) >= 11 is 5.96. The molecular weight excluding hydrogens is 374 g/mol. The van der Waals surface area contributed by atoms with Gasteiger partial charge in [0.05, 0.1) is 11.1 Å². The first-order valence-electron chi connectivity index (χ1n) is 9.81. The zero-order chi connectivity index (χ0) is 19.5. The van der Waals surface area contributed by atoms with Crippen LogP contribution in [0.25, 0.3) is 0 Å². The fraction of sp³-hybridized carbons (Fsp3) is 0.364. The number of unbranched alkanes of at least 4 members (excludes halogenated alkanes) is 1. The molecule has 2 aliphatic heterocycles. The highest BCUT2D eigenvalue weighted by atomic mass is 35.5. The number of carbonyl (C=O) groups excluding carboxylic acids is 2. The van der Waals surface area contributed by atoms with Gasteiger partial charge in [0.1, 0.15) is 0 Å². The molecule has 2 amide bonds. The Balaban J connectivity index is 1.19. The van der Waals surface area contributed by atoms with Crippen molar-refractivity contribution < 1.29 is 9.59 Å². The maximum atomic E-state index is 12.4. The summed E-state index contributed by atoms with van der Waals surface area (Å²) in [5.41, 5.74) is 2.28. The first kappa shape index (κ1) is 19.0. The third-order valence-electron chi connectivity index (χ3n) is 5.55. The molecule has 0 spiro atoms. The number of rotatable bonds is 6. The summed E-state index contributed by atoms with van der Waals surface area (Å²) < 4.78 is 0. The molecule has 28 heavy (non-hydrogen) atoms. The van der Waals surface area contributed by atoms with Gasteiger partial charge < -0.3 is 4.90 Å². The van der Waals surface area contributed by atoms with E-state index in [4.69, 9.17) is 11.6 Å². The molecule has 2 aliphatic rings. The summed E-state index contributed by atoms with van der Waals surface area (Å²) in [6.45, 7) is 5.54. The molecule has 2 aromatic rings. The van der Waals surface area contributed by atoms with E-state index in [1.54, 1.807) is 24.3 Å². The van der Waals surface area contributed by atoms with Crippen LogP contribution in [0.3, 0.4) is 0 Å². The van der Waals surface area contributed by atoms with Crippen LogP contribution in [0, 0.1) is 0 Å². The van der Waals surface area contributed by atoms with Crippen molar-refractivity contribution in [3.8, 4) is 0 Å². The normalized spacial score (nSPS) is 17.3. The van der Waals surface area contributed by atoms with Crippen molar-refractivity contribution in [2.45, 2.75) is 12.8 Å². The monoisotopic (exact) mass is 397 g/mol. The lowest BCUT2D eigenvalue weighted by Crippen LogP contribution is -2.46. The minimum absolute atomic E-state index is 0.155. The number of anilines is 1. The second kappa shape index (κ2) is 8.33. The molecule has 2 aromatic carbocycles. The van der Waals surface area contributed by atoms with Crippen LogP contribution in [0.5, 0.6) is 0 Å². The molecule has 6 heteroatoms. The lowest BCUT2D eigenvalue weighted by atomic mass is 10.1. The summed E-state index contributed by atoms with van der Waals surface area (Å²) in [4.78, 5) is 31.0. The number of halogens is 1. The van der Waals surface area contributed by atoms with Crippen LogP contribution in [-0.4, -0.2) is 60.9 Å². The largest absolute Gasteiger partial charge is 0.369 e. The molecule has 0 atom stereocenters.